The molecule has 0 unspecified atom stereocenters. The summed E-state index contributed by atoms with van der Waals surface area (Å²) in [6.45, 7) is 1.02. The molecule has 0 aliphatic heterocycles. The van der Waals surface area contributed by atoms with Crippen LogP contribution in [0.1, 0.15) is 21.5 Å². The molecule has 4 nitrogen and oxygen atoms in total. The lowest BCUT2D eigenvalue weighted by Gasteiger charge is -2.19. The molecule has 0 heterocycles. The van der Waals surface area contributed by atoms with Crippen LogP contribution in [0.4, 0.5) is 0 Å². The minimum absolute atomic E-state index is 0.0131. The van der Waals surface area contributed by atoms with E-state index in [9.17, 15) is 4.79 Å². The van der Waals surface area contributed by atoms with E-state index in [1.807, 2.05) is 48.7 Å². The van der Waals surface area contributed by atoms with Gasteiger partial charge in [0.1, 0.15) is 5.75 Å². The van der Waals surface area contributed by atoms with Crippen molar-refractivity contribution in [3.8, 4) is 5.75 Å². The maximum Gasteiger partial charge on any atom is 0.253 e. The summed E-state index contributed by atoms with van der Waals surface area (Å²) < 4.78 is 10.5. The number of ether oxygens (including phenoxy) is 2. The lowest BCUT2D eigenvalue weighted by Crippen LogP contribution is -2.26. The van der Waals surface area contributed by atoms with Gasteiger partial charge in [-0.15, -0.1) is 11.8 Å². The molecule has 2 aromatic rings. The highest BCUT2D eigenvalue weighted by molar-refractivity contribution is 7.98. The number of hydrogen-bond acceptors (Lipinski definition) is 4. The number of thioether (sulfide) groups is 1. The van der Waals surface area contributed by atoms with Crippen LogP contribution in [-0.2, 0) is 17.9 Å². The first-order valence-corrected chi connectivity index (χ1v) is 8.85. The SMILES string of the molecule is COCc1cccc(C(=O)N(C)Cc2ccc(SC)c(OC)c2)c1. The number of nitrogens with zero attached hydrogens (tertiary/aromatic N) is 1. The van der Waals surface area contributed by atoms with Crippen LogP contribution in [0.25, 0.3) is 0 Å². The third-order valence-electron chi connectivity index (χ3n) is 3.70. The molecule has 0 radical (unpaired) electrons. The lowest BCUT2D eigenvalue weighted by atomic mass is 10.1. The number of methoxy groups -OCH3 is 2. The van der Waals surface area contributed by atoms with Gasteiger partial charge in [-0.25, -0.2) is 0 Å². The Morgan fingerprint density at radius 3 is 2.58 bits per heavy atom. The second-order valence-corrected chi connectivity index (χ2v) is 6.33. The number of hydrogen-bond donors (Lipinski definition) is 0. The molecule has 128 valence electrons. The second kappa shape index (κ2) is 8.76. The highest BCUT2D eigenvalue weighted by Crippen LogP contribution is 2.28. The molecule has 2 rings (SSSR count). The van der Waals surface area contributed by atoms with Crippen LogP contribution in [0, 0.1) is 0 Å². The summed E-state index contributed by atoms with van der Waals surface area (Å²) in [6, 6.07) is 13.6. The van der Waals surface area contributed by atoms with Crippen molar-refractivity contribution in [2.75, 3.05) is 27.5 Å². The van der Waals surface area contributed by atoms with Gasteiger partial charge >= 0.3 is 0 Å². The van der Waals surface area contributed by atoms with Crippen LogP contribution in [0.3, 0.4) is 0 Å². The Morgan fingerprint density at radius 1 is 1.12 bits per heavy atom. The molecule has 0 fully saturated rings. The Bertz CT molecular complexity index is 703. The molecule has 24 heavy (non-hydrogen) atoms. The standard InChI is InChI=1S/C19H23NO3S/c1-20(12-14-8-9-18(24-4)17(11-14)23-3)19(21)16-7-5-6-15(10-16)13-22-2/h5-11H,12-13H2,1-4H3. The van der Waals surface area contributed by atoms with Crippen molar-refractivity contribution < 1.29 is 14.3 Å². The molecule has 0 aromatic heterocycles. The van der Waals surface area contributed by atoms with E-state index in [-0.39, 0.29) is 5.91 Å². The largest absolute Gasteiger partial charge is 0.496 e. The number of benzene rings is 2. The summed E-state index contributed by atoms with van der Waals surface area (Å²) >= 11 is 1.64. The van der Waals surface area contributed by atoms with Gasteiger partial charge in [-0.05, 0) is 41.6 Å². The number of carbonyl (C=O) groups excluding carboxylic acids is 1. The lowest BCUT2D eigenvalue weighted by molar-refractivity contribution is 0.0784. The third-order valence-corrected chi connectivity index (χ3v) is 4.48. The maximum absolute atomic E-state index is 12.6. The number of rotatable bonds is 7. The fraction of sp³-hybridized carbons (Fsp3) is 0.316. The third kappa shape index (κ3) is 4.52. The molecular weight excluding hydrogens is 322 g/mol. The van der Waals surface area contributed by atoms with Gasteiger partial charge in [0.2, 0.25) is 0 Å². The van der Waals surface area contributed by atoms with Gasteiger partial charge in [-0.2, -0.15) is 0 Å². The van der Waals surface area contributed by atoms with Crippen molar-refractivity contribution in [2.45, 2.75) is 18.0 Å². The van der Waals surface area contributed by atoms with E-state index in [4.69, 9.17) is 9.47 Å². The topological polar surface area (TPSA) is 38.8 Å². The molecule has 0 N–H and O–H groups in total. The molecule has 5 heteroatoms. The summed E-state index contributed by atoms with van der Waals surface area (Å²) in [5, 5.41) is 0. The molecular formula is C19H23NO3S. The van der Waals surface area contributed by atoms with Crippen molar-refractivity contribution in [3.05, 3.63) is 59.2 Å². The van der Waals surface area contributed by atoms with Crippen LogP contribution in [-0.4, -0.2) is 38.3 Å². The fourth-order valence-corrected chi connectivity index (χ4v) is 3.05. The van der Waals surface area contributed by atoms with Crippen molar-refractivity contribution in [3.63, 3.8) is 0 Å². The zero-order chi connectivity index (χ0) is 17.5. The first kappa shape index (κ1) is 18.4. The maximum atomic E-state index is 12.6. The molecule has 1 amide bonds. The summed E-state index contributed by atoms with van der Waals surface area (Å²) in [7, 11) is 5.11. The normalized spacial score (nSPS) is 10.5. The van der Waals surface area contributed by atoms with Gasteiger partial charge in [0.05, 0.1) is 13.7 Å². The minimum Gasteiger partial charge on any atom is -0.496 e. The van der Waals surface area contributed by atoms with E-state index in [1.54, 1.807) is 37.9 Å². The highest BCUT2D eigenvalue weighted by Gasteiger charge is 2.13. The van der Waals surface area contributed by atoms with E-state index in [0.29, 0.717) is 18.7 Å². The van der Waals surface area contributed by atoms with Crippen LogP contribution < -0.4 is 4.74 Å². The van der Waals surface area contributed by atoms with E-state index >= 15 is 0 Å². The average Bonchev–Trinajstić information content (AvgIpc) is 2.61. The Kier molecular flexibility index (Phi) is 6.70. The molecule has 0 spiro atoms. The van der Waals surface area contributed by atoms with Gasteiger partial charge < -0.3 is 14.4 Å². The van der Waals surface area contributed by atoms with Gasteiger partial charge in [0.25, 0.3) is 5.91 Å². The summed E-state index contributed by atoms with van der Waals surface area (Å²) in [6.07, 6.45) is 2.01. The van der Waals surface area contributed by atoms with Crippen LogP contribution in [0.5, 0.6) is 5.75 Å². The molecule has 0 bridgehead atoms. The van der Waals surface area contributed by atoms with E-state index in [0.717, 1.165) is 21.8 Å². The van der Waals surface area contributed by atoms with Gasteiger partial charge in [-0.1, -0.05) is 18.2 Å². The highest BCUT2D eigenvalue weighted by atomic mass is 32.2. The molecule has 0 aliphatic carbocycles. The molecule has 0 saturated heterocycles. The first-order chi connectivity index (χ1) is 11.6. The van der Waals surface area contributed by atoms with Gasteiger partial charge in [-0.3, -0.25) is 4.79 Å². The predicted octanol–water partition coefficient (Wildman–Crippen LogP) is 3.84. The van der Waals surface area contributed by atoms with Crippen LogP contribution >= 0.6 is 11.8 Å². The summed E-state index contributed by atoms with van der Waals surface area (Å²) in [5.41, 5.74) is 2.69. The van der Waals surface area contributed by atoms with E-state index in [2.05, 4.69) is 0 Å². The van der Waals surface area contributed by atoms with E-state index in [1.165, 1.54) is 0 Å². The summed E-state index contributed by atoms with van der Waals surface area (Å²) in [5.74, 6) is 0.823. The monoisotopic (exact) mass is 345 g/mol. The predicted molar refractivity (Wildman–Crippen MR) is 97.7 cm³/mol. The van der Waals surface area contributed by atoms with Gasteiger partial charge in [0, 0.05) is 31.2 Å². The number of carbonyl (C=O) groups is 1. The van der Waals surface area contributed by atoms with Crippen molar-refractivity contribution in [1.82, 2.24) is 4.90 Å². The number of amides is 1. The average molecular weight is 345 g/mol. The van der Waals surface area contributed by atoms with E-state index < -0.39 is 0 Å². The van der Waals surface area contributed by atoms with Gasteiger partial charge in [0.15, 0.2) is 0 Å². The Morgan fingerprint density at radius 2 is 1.92 bits per heavy atom. The smallest absolute Gasteiger partial charge is 0.253 e. The Balaban J connectivity index is 2.12. The summed E-state index contributed by atoms with van der Waals surface area (Å²) in [4.78, 5) is 15.4. The van der Waals surface area contributed by atoms with Crippen LogP contribution in [0.15, 0.2) is 47.4 Å². The molecule has 0 saturated carbocycles. The zero-order valence-corrected chi connectivity index (χ0v) is 15.4. The fourth-order valence-electron chi connectivity index (χ4n) is 2.51. The second-order valence-electron chi connectivity index (χ2n) is 5.48. The zero-order valence-electron chi connectivity index (χ0n) is 14.5. The Hall–Kier alpha value is -1.98. The first-order valence-electron chi connectivity index (χ1n) is 7.63. The molecule has 0 atom stereocenters. The Labute approximate surface area is 147 Å². The van der Waals surface area contributed by atoms with Crippen LogP contribution in [0.2, 0.25) is 0 Å². The van der Waals surface area contributed by atoms with Crippen molar-refractivity contribution >= 4 is 17.7 Å². The molecule has 0 aliphatic rings. The minimum atomic E-state index is -0.0131. The quantitative estimate of drug-likeness (QED) is 0.715. The van der Waals surface area contributed by atoms with Crippen molar-refractivity contribution in [2.24, 2.45) is 0 Å². The van der Waals surface area contributed by atoms with Crippen molar-refractivity contribution in [1.29, 1.82) is 0 Å². The molecule has 2 aromatic carbocycles.